The van der Waals surface area contributed by atoms with Gasteiger partial charge in [-0.1, -0.05) is 0 Å². The van der Waals surface area contributed by atoms with Crippen molar-refractivity contribution in [3.63, 3.8) is 0 Å². The minimum absolute atomic E-state index is 0.497. The zero-order chi connectivity index (χ0) is 8.55. The highest BCUT2D eigenvalue weighted by Crippen LogP contribution is 2.41. The lowest BCUT2D eigenvalue weighted by molar-refractivity contribution is 0.971. The highest BCUT2D eigenvalue weighted by atomic mass is 32.2. The molecule has 0 atom stereocenters. The van der Waals surface area contributed by atoms with Crippen LogP contribution in [-0.4, -0.2) is 21.7 Å². The maximum atomic E-state index is 5.65. The van der Waals surface area contributed by atoms with Crippen molar-refractivity contribution in [3.05, 3.63) is 0 Å². The van der Waals surface area contributed by atoms with Crippen molar-refractivity contribution in [2.75, 3.05) is 23.0 Å². The largest absolute Gasteiger partial charge is 0.381 e. The van der Waals surface area contributed by atoms with Crippen LogP contribution in [0.15, 0.2) is 9.79 Å². The number of hydrogen-bond acceptors (Lipinski definition) is 6. The first-order valence-corrected chi connectivity index (χ1v) is 5.43. The second-order valence-corrected chi connectivity index (χ2v) is 4.54. The summed E-state index contributed by atoms with van der Waals surface area (Å²) in [5.74, 6) is 3.12. The molecular weight excluding hydrogens is 192 g/mol. The van der Waals surface area contributed by atoms with Crippen molar-refractivity contribution in [2.45, 2.75) is 9.79 Å². The molecule has 1 aromatic rings. The number of nitrogens with two attached hydrogens (primary N) is 2. The van der Waals surface area contributed by atoms with Gasteiger partial charge in [0.1, 0.15) is 0 Å². The standard InChI is InChI=1S/C6H8N4S2/c7-5-3-4(6(8)10-9-5)12-2-1-11-3/h1-2H2,(H2,7,9)(H2,8,10). The van der Waals surface area contributed by atoms with Crippen molar-refractivity contribution in [3.8, 4) is 0 Å². The quantitative estimate of drug-likeness (QED) is 0.646. The summed E-state index contributed by atoms with van der Waals surface area (Å²) >= 11 is 3.40. The molecule has 0 saturated heterocycles. The van der Waals surface area contributed by atoms with Crippen LogP contribution in [0.2, 0.25) is 0 Å². The van der Waals surface area contributed by atoms with E-state index in [-0.39, 0.29) is 0 Å². The van der Waals surface area contributed by atoms with Gasteiger partial charge >= 0.3 is 0 Å². The summed E-state index contributed by atoms with van der Waals surface area (Å²) in [6, 6.07) is 0. The van der Waals surface area contributed by atoms with E-state index < -0.39 is 0 Å². The summed E-state index contributed by atoms with van der Waals surface area (Å²) in [7, 11) is 0. The third kappa shape index (κ3) is 1.21. The molecule has 6 heteroatoms. The Hall–Kier alpha value is -0.620. The molecule has 4 nitrogen and oxygen atoms in total. The fourth-order valence-corrected chi connectivity index (χ4v) is 3.27. The number of thioether (sulfide) groups is 2. The van der Waals surface area contributed by atoms with Crippen molar-refractivity contribution in [1.29, 1.82) is 0 Å². The van der Waals surface area contributed by atoms with Crippen LogP contribution >= 0.6 is 23.5 Å². The van der Waals surface area contributed by atoms with E-state index in [1.54, 1.807) is 23.5 Å². The molecule has 0 spiro atoms. The lowest BCUT2D eigenvalue weighted by Gasteiger charge is -2.15. The molecule has 0 amide bonds. The third-order valence-corrected chi connectivity index (χ3v) is 4.12. The van der Waals surface area contributed by atoms with E-state index in [1.165, 1.54) is 0 Å². The molecule has 0 saturated carbocycles. The first kappa shape index (κ1) is 8.00. The van der Waals surface area contributed by atoms with Gasteiger partial charge in [0.25, 0.3) is 0 Å². The van der Waals surface area contributed by atoms with Crippen LogP contribution in [0.3, 0.4) is 0 Å². The van der Waals surface area contributed by atoms with Crippen LogP contribution in [0.25, 0.3) is 0 Å². The average Bonchev–Trinajstić information content (AvgIpc) is 2.12. The summed E-state index contributed by atoms with van der Waals surface area (Å²) in [4.78, 5) is 2.00. The van der Waals surface area contributed by atoms with Gasteiger partial charge in [-0.3, -0.25) is 0 Å². The lowest BCUT2D eigenvalue weighted by atomic mass is 10.5. The lowest BCUT2D eigenvalue weighted by Crippen LogP contribution is -2.06. The third-order valence-electron chi connectivity index (χ3n) is 1.51. The molecule has 0 bridgehead atoms. The number of rotatable bonds is 0. The first-order valence-electron chi connectivity index (χ1n) is 3.46. The smallest absolute Gasteiger partial charge is 0.161 e. The zero-order valence-corrected chi connectivity index (χ0v) is 7.91. The minimum atomic E-state index is 0.497. The molecule has 0 aliphatic carbocycles. The average molecular weight is 200 g/mol. The predicted octanol–water partition coefficient (Wildman–Crippen LogP) is 0.839. The summed E-state index contributed by atoms with van der Waals surface area (Å²) in [6.45, 7) is 0. The second kappa shape index (κ2) is 3.02. The van der Waals surface area contributed by atoms with Crippen LogP contribution in [0.4, 0.5) is 11.6 Å². The Labute approximate surface area is 78.5 Å². The highest BCUT2D eigenvalue weighted by molar-refractivity contribution is 8.05. The van der Waals surface area contributed by atoms with Crippen molar-refractivity contribution in [2.24, 2.45) is 0 Å². The van der Waals surface area contributed by atoms with E-state index in [0.717, 1.165) is 21.3 Å². The molecule has 12 heavy (non-hydrogen) atoms. The molecule has 1 aliphatic rings. The Balaban J connectivity index is 2.57. The molecule has 0 aromatic carbocycles. The molecule has 0 unspecified atom stereocenters. The summed E-state index contributed by atoms with van der Waals surface area (Å²) in [6.07, 6.45) is 0. The van der Waals surface area contributed by atoms with Crippen LogP contribution in [0.5, 0.6) is 0 Å². The van der Waals surface area contributed by atoms with Gasteiger partial charge in [0.05, 0.1) is 9.79 Å². The fourth-order valence-electron chi connectivity index (χ4n) is 0.998. The number of aromatic nitrogens is 2. The Morgan fingerprint density at radius 1 is 0.917 bits per heavy atom. The number of anilines is 2. The minimum Gasteiger partial charge on any atom is -0.381 e. The molecular formula is C6H8N4S2. The zero-order valence-electron chi connectivity index (χ0n) is 6.28. The van der Waals surface area contributed by atoms with Crippen LogP contribution in [-0.2, 0) is 0 Å². The predicted molar refractivity (Wildman–Crippen MR) is 52.3 cm³/mol. The molecule has 4 N–H and O–H groups in total. The van der Waals surface area contributed by atoms with E-state index in [9.17, 15) is 0 Å². The summed E-state index contributed by atoms with van der Waals surface area (Å²) < 4.78 is 0. The Kier molecular flexibility index (Phi) is 2.02. The van der Waals surface area contributed by atoms with E-state index in [0.29, 0.717) is 11.6 Å². The van der Waals surface area contributed by atoms with E-state index in [4.69, 9.17) is 11.5 Å². The van der Waals surface area contributed by atoms with Gasteiger partial charge in [-0.2, -0.15) is 0 Å². The van der Waals surface area contributed by atoms with Crippen LogP contribution in [0, 0.1) is 0 Å². The van der Waals surface area contributed by atoms with Crippen molar-refractivity contribution < 1.29 is 0 Å². The monoisotopic (exact) mass is 200 g/mol. The van der Waals surface area contributed by atoms with Gasteiger partial charge in [-0.15, -0.1) is 33.7 Å². The summed E-state index contributed by atoms with van der Waals surface area (Å²) in [5, 5.41) is 7.52. The fraction of sp³-hybridized carbons (Fsp3) is 0.333. The highest BCUT2D eigenvalue weighted by Gasteiger charge is 2.17. The molecule has 0 fully saturated rings. The maximum absolute atomic E-state index is 5.65. The van der Waals surface area contributed by atoms with Gasteiger partial charge < -0.3 is 11.5 Å². The Morgan fingerprint density at radius 2 is 1.33 bits per heavy atom. The van der Waals surface area contributed by atoms with E-state index in [2.05, 4.69) is 10.2 Å². The molecule has 1 aromatic heterocycles. The second-order valence-electron chi connectivity index (χ2n) is 2.33. The number of nitrogen functional groups attached to an aromatic ring is 2. The normalized spacial score (nSPS) is 15.7. The molecule has 64 valence electrons. The topological polar surface area (TPSA) is 77.8 Å². The van der Waals surface area contributed by atoms with E-state index in [1.807, 2.05) is 0 Å². The molecule has 0 radical (unpaired) electrons. The number of fused-ring (bicyclic) bond motifs is 1. The van der Waals surface area contributed by atoms with E-state index >= 15 is 0 Å². The Morgan fingerprint density at radius 3 is 1.75 bits per heavy atom. The van der Waals surface area contributed by atoms with Crippen LogP contribution < -0.4 is 11.5 Å². The van der Waals surface area contributed by atoms with Gasteiger partial charge in [0, 0.05) is 11.5 Å². The van der Waals surface area contributed by atoms with Gasteiger partial charge in [-0.05, 0) is 0 Å². The Bertz CT molecular complexity index is 284. The van der Waals surface area contributed by atoms with Gasteiger partial charge in [-0.25, -0.2) is 0 Å². The van der Waals surface area contributed by atoms with Crippen LogP contribution in [0.1, 0.15) is 0 Å². The maximum Gasteiger partial charge on any atom is 0.161 e. The van der Waals surface area contributed by atoms with Gasteiger partial charge in [0.2, 0.25) is 0 Å². The van der Waals surface area contributed by atoms with Gasteiger partial charge in [0.15, 0.2) is 11.6 Å². The number of hydrogen-bond donors (Lipinski definition) is 2. The SMILES string of the molecule is Nc1nnc(N)c2c1SCCS2. The number of nitrogens with zero attached hydrogens (tertiary/aromatic N) is 2. The molecule has 2 heterocycles. The summed E-state index contributed by atoms with van der Waals surface area (Å²) in [5.41, 5.74) is 11.3. The first-order chi connectivity index (χ1) is 5.79. The molecule has 1 aliphatic heterocycles. The van der Waals surface area contributed by atoms with Crippen molar-refractivity contribution >= 4 is 35.2 Å². The molecule has 2 rings (SSSR count). The van der Waals surface area contributed by atoms with Crippen molar-refractivity contribution in [1.82, 2.24) is 10.2 Å².